The van der Waals surface area contributed by atoms with Gasteiger partial charge in [0.1, 0.15) is 5.82 Å². The molecular weight excluding hydrogens is 350 g/mol. The van der Waals surface area contributed by atoms with Crippen LogP contribution in [0.15, 0.2) is 41.0 Å². The highest BCUT2D eigenvalue weighted by Crippen LogP contribution is 2.23. The van der Waals surface area contributed by atoms with Gasteiger partial charge in [-0.25, -0.2) is 4.98 Å². The molecule has 0 bridgehead atoms. The lowest BCUT2D eigenvalue weighted by Gasteiger charge is -2.16. The van der Waals surface area contributed by atoms with Gasteiger partial charge in [-0.3, -0.25) is 0 Å². The van der Waals surface area contributed by atoms with Gasteiger partial charge in [0.15, 0.2) is 0 Å². The van der Waals surface area contributed by atoms with E-state index in [1.54, 1.807) is 0 Å². The van der Waals surface area contributed by atoms with Crippen LogP contribution in [0.2, 0.25) is 5.02 Å². The molecule has 0 saturated carbocycles. The molecule has 110 valence electrons. The van der Waals surface area contributed by atoms with Crippen LogP contribution in [-0.2, 0) is 6.54 Å². The average molecular weight is 367 g/mol. The summed E-state index contributed by atoms with van der Waals surface area (Å²) < 4.78 is 1.06. The van der Waals surface area contributed by atoms with E-state index < -0.39 is 0 Å². The molecule has 3 nitrogen and oxygen atoms in total. The number of halogens is 2. The third-order valence-corrected chi connectivity index (χ3v) is 4.68. The maximum Gasteiger partial charge on any atom is 0.128 e. The first-order valence-electron chi connectivity index (χ1n) is 7.11. The van der Waals surface area contributed by atoms with E-state index in [1.165, 1.54) is 12.8 Å². The molecule has 2 aromatic rings. The predicted octanol–water partition coefficient (Wildman–Crippen LogP) is 4.71. The second-order valence-electron chi connectivity index (χ2n) is 5.19. The van der Waals surface area contributed by atoms with E-state index >= 15 is 0 Å². The number of benzene rings is 1. The largest absolute Gasteiger partial charge is 0.380 e. The molecule has 0 aliphatic carbocycles. The second-order valence-corrected chi connectivity index (χ2v) is 6.48. The van der Waals surface area contributed by atoms with E-state index in [1.807, 2.05) is 24.4 Å². The first-order chi connectivity index (χ1) is 10.2. The van der Waals surface area contributed by atoms with Crippen molar-refractivity contribution in [3.8, 4) is 0 Å². The Morgan fingerprint density at radius 3 is 2.71 bits per heavy atom. The van der Waals surface area contributed by atoms with Gasteiger partial charge < -0.3 is 10.2 Å². The highest BCUT2D eigenvalue weighted by molar-refractivity contribution is 9.10. The van der Waals surface area contributed by atoms with Crippen molar-refractivity contribution in [1.82, 2.24) is 4.98 Å². The van der Waals surface area contributed by atoms with Crippen LogP contribution in [0.25, 0.3) is 0 Å². The van der Waals surface area contributed by atoms with E-state index in [0.29, 0.717) is 6.54 Å². The highest BCUT2D eigenvalue weighted by Gasteiger charge is 2.12. The van der Waals surface area contributed by atoms with Crippen molar-refractivity contribution in [2.24, 2.45) is 0 Å². The minimum atomic E-state index is 0.714. The topological polar surface area (TPSA) is 28.2 Å². The minimum absolute atomic E-state index is 0.714. The Balaban J connectivity index is 1.64. The molecule has 1 N–H and O–H groups in total. The van der Waals surface area contributed by atoms with Crippen molar-refractivity contribution < 1.29 is 0 Å². The molecule has 1 aliphatic rings. The number of aromatic nitrogens is 1. The first-order valence-corrected chi connectivity index (χ1v) is 8.28. The SMILES string of the molecule is Clc1ccc(Br)c(CNc2ccc(N3CCCC3)nc2)c1. The van der Waals surface area contributed by atoms with Gasteiger partial charge in [-0.1, -0.05) is 27.5 Å². The van der Waals surface area contributed by atoms with Crippen molar-refractivity contribution in [2.75, 3.05) is 23.3 Å². The Kier molecular flexibility index (Phi) is 4.66. The molecule has 21 heavy (non-hydrogen) atoms. The van der Waals surface area contributed by atoms with E-state index in [2.05, 4.69) is 43.3 Å². The van der Waals surface area contributed by atoms with Crippen LogP contribution in [0.5, 0.6) is 0 Å². The molecule has 1 aliphatic heterocycles. The Hall–Kier alpha value is -1.26. The second kappa shape index (κ2) is 6.67. The summed E-state index contributed by atoms with van der Waals surface area (Å²) >= 11 is 9.56. The van der Waals surface area contributed by atoms with E-state index in [0.717, 1.165) is 39.7 Å². The molecule has 0 atom stereocenters. The summed E-state index contributed by atoms with van der Waals surface area (Å²) in [4.78, 5) is 6.87. The molecule has 2 heterocycles. The lowest BCUT2D eigenvalue weighted by atomic mass is 10.2. The van der Waals surface area contributed by atoms with E-state index in [9.17, 15) is 0 Å². The third kappa shape index (κ3) is 3.69. The fourth-order valence-electron chi connectivity index (χ4n) is 2.50. The van der Waals surface area contributed by atoms with Crippen molar-refractivity contribution in [3.63, 3.8) is 0 Å². The van der Waals surface area contributed by atoms with Crippen molar-refractivity contribution in [1.29, 1.82) is 0 Å². The van der Waals surface area contributed by atoms with Crippen molar-refractivity contribution >= 4 is 39.0 Å². The molecule has 3 rings (SSSR count). The number of anilines is 2. The standard InChI is InChI=1S/C16H17BrClN3/c17-15-5-3-13(18)9-12(15)10-19-14-4-6-16(20-11-14)21-7-1-2-8-21/h3-6,9,11,19H,1-2,7-8,10H2. The van der Waals surface area contributed by atoms with Gasteiger partial charge in [-0.2, -0.15) is 0 Å². The van der Waals surface area contributed by atoms with Gasteiger partial charge in [0.25, 0.3) is 0 Å². The summed E-state index contributed by atoms with van der Waals surface area (Å²) in [5.41, 5.74) is 2.15. The highest BCUT2D eigenvalue weighted by atomic mass is 79.9. The summed E-state index contributed by atoms with van der Waals surface area (Å²) in [6.45, 7) is 2.95. The molecule has 5 heteroatoms. The summed E-state index contributed by atoms with van der Waals surface area (Å²) in [5, 5.41) is 4.12. The predicted molar refractivity (Wildman–Crippen MR) is 92.2 cm³/mol. The van der Waals surface area contributed by atoms with Gasteiger partial charge in [-0.05, 0) is 48.7 Å². The zero-order chi connectivity index (χ0) is 14.7. The van der Waals surface area contributed by atoms with E-state index in [-0.39, 0.29) is 0 Å². The summed E-state index contributed by atoms with van der Waals surface area (Å²) in [7, 11) is 0. The Bertz CT molecular complexity index is 609. The van der Waals surface area contributed by atoms with Gasteiger partial charge in [-0.15, -0.1) is 0 Å². The summed E-state index contributed by atoms with van der Waals surface area (Å²) in [6.07, 6.45) is 4.43. The molecule has 0 spiro atoms. The molecule has 0 amide bonds. The van der Waals surface area contributed by atoms with Crippen LogP contribution < -0.4 is 10.2 Å². The van der Waals surface area contributed by atoms with Crippen LogP contribution in [0, 0.1) is 0 Å². The zero-order valence-electron chi connectivity index (χ0n) is 11.6. The minimum Gasteiger partial charge on any atom is -0.380 e. The Morgan fingerprint density at radius 2 is 2.00 bits per heavy atom. The van der Waals surface area contributed by atoms with E-state index in [4.69, 9.17) is 11.6 Å². The molecule has 1 aromatic heterocycles. The van der Waals surface area contributed by atoms with Crippen LogP contribution >= 0.6 is 27.5 Å². The fourth-order valence-corrected chi connectivity index (χ4v) is 3.08. The van der Waals surface area contributed by atoms with Crippen LogP contribution in [0.4, 0.5) is 11.5 Å². The van der Waals surface area contributed by atoms with Crippen molar-refractivity contribution in [2.45, 2.75) is 19.4 Å². The number of nitrogens with zero attached hydrogens (tertiary/aromatic N) is 2. The molecular formula is C16H17BrClN3. The Labute approximate surface area is 138 Å². The summed E-state index contributed by atoms with van der Waals surface area (Å²) in [5.74, 6) is 1.07. The summed E-state index contributed by atoms with van der Waals surface area (Å²) in [6, 6.07) is 9.97. The lowest BCUT2D eigenvalue weighted by molar-refractivity contribution is 0.937. The normalized spacial score (nSPS) is 14.5. The first kappa shape index (κ1) is 14.7. The maximum atomic E-state index is 6.03. The van der Waals surface area contributed by atoms with Gasteiger partial charge >= 0.3 is 0 Å². The van der Waals surface area contributed by atoms with Crippen molar-refractivity contribution in [3.05, 3.63) is 51.6 Å². The van der Waals surface area contributed by atoms with Crippen LogP contribution in [0.1, 0.15) is 18.4 Å². The lowest BCUT2D eigenvalue weighted by Crippen LogP contribution is -2.18. The van der Waals surface area contributed by atoms with Gasteiger partial charge in [0.05, 0.1) is 11.9 Å². The smallest absolute Gasteiger partial charge is 0.128 e. The fraction of sp³-hybridized carbons (Fsp3) is 0.312. The molecule has 1 fully saturated rings. The molecule has 0 radical (unpaired) electrons. The quantitative estimate of drug-likeness (QED) is 0.849. The zero-order valence-corrected chi connectivity index (χ0v) is 14.0. The number of nitrogens with one attached hydrogen (secondary N) is 1. The van der Waals surface area contributed by atoms with Crippen LogP contribution in [-0.4, -0.2) is 18.1 Å². The third-order valence-electron chi connectivity index (χ3n) is 3.67. The number of pyridine rings is 1. The number of hydrogen-bond acceptors (Lipinski definition) is 3. The monoisotopic (exact) mass is 365 g/mol. The number of hydrogen-bond donors (Lipinski definition) is 1. The van der Waals surface area contributed by atoms with Crippen LogP contribution in [0.3, 0.4) is 0 Å². The van der Waals surface area contributed by atoms with Gasteiger partial charge in [0.2, 0.25) is 0 Å². The average Bonchev–Trinajstić information content (AvgIpc) is 3.03. The molecule has 1 aromatic carbocycles. The maximum absolute atomic E-state index is 6.03. The Morgan fingerprint density at radius 1 is 1.19 bits per heavy atom. The number of rotatable bonds is 4. The molecule has 0 unspecified atom stereocenters. The van der Waals surface area contributed by atoms with Gasteiger partial charge in [0, 0.05) is 29.1 Å². The molecule has 1 saturated heterocycles.